The maximum absolute atomic E-state index is 12.6. The molecule has 3 fully saturated rings. The van der Waals surface area contributed by atoms with Gasteiger partial charge in [0.15, 0.2) is 0 Å². The van der Waals surface area contributed by atoms with Crippen LogP contribution in [0.1, 0.15) is 22.5 Å². The summed E-state index contributed by atoms with van der Waals surface area (Å²) in [7, 11) is -3.28. The van der Waals surface area contributed by atoms with Gasteiger partial charge in [0.05, 0.1) is 11.1 Å². The Morgan fingerprint density at radius 1 is 1.11 bits per heavy atom. The molecule has 2 aromatic rings. The van der Waals surface area contributed by atoms with Gasteiger partial charge in [0, 0.05) is 23.2 Å². The molecule has 0 spiro atoms. The first-order chi connectivity index (χ1) is 12.9. The number of fused-ring (bicyclic) bond motifs is 3. The Hall–Kier alpha value is -1.90. The molecule has 0 saturated carbocycles. The van der Waals surface area contributed by atoms with Gasteiger partial charge in [0.1, 0.15) is 0 Å². The molecule has 0 aliphatic carbocycles. The van der Waals surface area contributed by atoms with Crippen molar-refractivity contribution in [2.45, 2.75) is 18.9 Å². The number of carbonyl (C=O) groups is 1. The molecule has 8 heteroatoms. The topological polar surface area (TPSA) is 78.5 Å². The standard InChI is InChI=1S/C19H23N3O3S2/c1-27(24,25)21-15-4-2-14(3-5-15)17-6-7-18(26-17)19(23)20-16-12-22-10-8-13(16)9-11-22/h2-7,13,16,21H,8-12H2,1H3,(H,20,23)/t16-/m0/s1. The molecule has 1 aromatic carbocycles. The number of carbonyl (C=O) groups excluding carboxylic acids is 1. The van der Waals surface area contributed by atoms with Gasteiger partial charge in [-0.05, 0) is 61.7 Å². The van der Waals surface area contributed by atoms with Crippen LogP contribution in [0.2, 0.25) is 0 Å². The number of piperidine rings is 3. The van der Waals surface area contributed by atoms with E-state index in [9.17, 15) is 13.2 Å². The van der Waals surface area contributed by atoms with E-state index in [1.165, 1.54) is 24.2 Å². The third-order valence-electron chi connectivity index (χ3n) is 5.28. The average molecular weight is 406 g/mol. The van der Waals surface area contributed by atoms with Crippen molar-refractivity contribution in [2.24, 2.45) is 5.92 Å². The Morgan fingerprint density at radius 2 is 1.81 bits per heavy atom. The summed E-state index contributed by atoms with van der Waals surface area (Å²) < 4.78 is 25.0. The molecule has 1 atom stereocenters. The van der Waals surface area contributed by atoms with Crippen molar-refractivity contribution in [3.05, 3.63) is 41.3 Å². The van der Waals surface area contributed by atoms with Gasteiger partial charge >= 0.3 is 0 Å². The van der Waals surface area contributed by atoms with Crippen molar-refractivity contribution < 1.29 is 13.2 Å². The van der Waals surface area contributed by atoms with E-state index >= 15 is 0 Å². The van der Waals surface area contributed by atoms with Crippen LogP contribution >= 0.6 is 11.3 Å². The lowest BCUT2D eigenvalue weighted by molar-refractivity contribution is 0.0622. The van der Waals surface area contributed by atoms with Crippen molar-refractivity contribution in [3.63, 3.8) is 0 Å². The minimum absolute atomic E-state index is 0.000336. The van der Waals surface area contributed by atoms with Crippen molar-refractivity contribution in [1.82, 2.24) is 10.2 Å². The van der Waals surface area contributed by atoms with E-state index in [4.69, 9.17) is 0 Å². The molecule has 6 nitrogen and oxygen atoms in total. The molecule has 144 valence electrons. The first kappa shape index (κ1) is 18.5. The summed E-state index contributed by atoms with van der Waals surface area (Å²) >= 11 is 1.46. The molecule has 5 rings (SSSR count). The lowest BCUT2D eigenvalue weighted by Gasteiger charge is -2.44. The van der Waals surface area contributed by atoms with Crippen molar-refractivity contribution in [1.29, 1.82) is 0 Å². The van der Waals surface area contributed by atoms with Gasteiger partial charge < -0.3 is 10.2 Å². The van der Waals surface area contributed by atoms with Crippen LogP contribution in [-0.2, 0) is 10.0 Å². The van der Waals surface area contributed by atoms with Gasteiger partial charge in [-0.2, -0.15) is 0 Å². The fraction of sp³-hybridized carbons (Fsp3) is 0.421. The maximum atomic E-state index is 12.6. The molecule has 27 heavy (non-hydrogen) atoms. The van der Waals surface area contributed by atoms with Gasteiger partial charge in [-0.25, -0.2) is 8.42 Å². The highest BCUT2D eigenvalue weighted by Crippen LogP contribution is 2.31. The zero-order valence-corrected chi connectivity index (χ0v) is 16.8. The molecular formula is C19H23N3O3S2. The lowest BCUT2D eigenvalue weighted by Crippen LogP contribution is -2.57. The summed E-state index contributed by atoms with van der Waals surface area (Å²) in [6, 6.07) is 11.2. The van der Waals surface area contributed by atoms with Crippen LogP contribution in [0.15, 0.2) is 36.4 Å². The molecule has 3 aliphatic heterocycles. The number of sulfonamides is 1. The lowest BCUT2D eigenvalue weighted by atomic mass is 9.84. The monoisotopic (exact) mass is 405 g/mol. The first-order valence-electron chi connectivity index (χ1n) is 9.09. The Morgan fingerprint density at radius 3 is 2.41 bits per heavy atom. The fourth-order valence-electron chi connectivity index (χ4n) is 3.90. The Bertz CT molecular complexity index is 929. The van der Waals surface area contributed by atoms with Gasteiger partial charge in [0.2, 0.25) is 10.0 Å². The molecule has 3 aliphatic rings. The van der Waals surface area contributed by atoms with Crippen molar-refractivity contribution in [3.8, 4) is 10.4 Å². The third-order valence-corrected chi connectivity index (χ3v) is 7.01. The summed E-state index contributed by atoms with van der Waals surface area (Å²) in [5, 5.41) is 3.22. The SMILES string of the molecule is CS(=O)(=O)Nc1ccc(-c2ccc(C(=O)N[C@H]3CN4CCC3CC4)s2)cc1. The maximum Gasteiger partial charge on any atom is 0.261 e. The minimum atomic E-state index is -3.28. The number of nitrogens with one attached hydrogen (secondary N) is 2. The number of benzene rings is 1. The van der Waals surface area contributed by atoms with Gasteiger partial charge in [-0.15, -0.1) is 11.3 Å². The van der Waals surface area contributed by atoms with Crippen LogP contribution in [0.4, 0.5) is 5.69 Å². The van der Waals surface area contributed by atoms with Crippen LogP contribution in [-0.4, -0.2) is 51.2 Å². The highest BCUT2D eigenvalue weighted by Gasteiger charge is 2.35. The summed E-state index contributed by atoms with van der Waals surface area (Å²) in [5.41, 5.74) is 1.49. The summed E-state index contributed by atoms with van der Waals surface area (Å²) in [5.74, 6) is 0.605. The quantitative estimate of drug-likeness (QED) is 0.802. The molecule has 2 N–H and O–H groups in total. The van der Waals surface area contributed by atoms with Gasteiger partial charge in [0.25, 0.3) is 5.91 Å². The molecule has 1 amide bonds. The van der Waals surface area contributed by atoms with Crippen LogP contribution in [0.25, 0.3) is 10.4 Å². The minimum Gasteiger partial charge on any atom is -0.347 e. The van der Waals surface area contributed by atoms with E-state index in [1.54, 1.807) is 12.1 Å². The molecule has 2 bridgehead atoms. The Kier molecular flexibility index (Phi) is 4.96. The smallest absolute Gasteiger partial charge is 0.261 e. The first-order valence-corrected chi connectivity index (χ1v) is 11.8. The Labute approximate surface area is 163 Å². The second-order valence-corrected chi connectivity index (χ2v) is 10.2. The van der Waals surface area contributed by atoms with Gasteiger partial charge in [-0.3, -0.25) is 9.52 Å². The zero-order chi connectivity index (χ0) is 19.0. The normalized spacial score (nSPS) is 24.6. The van der Waals surface area contributed by atoms with Crippen molar-refractivity contribution in [2.75, 3.05) is 30.6 Å². The van der Waals surface area contributed by atoms with E-state index in [-0.39, 0.29) is 11.9 Å². The van der Waals surface area contributed by atoms with E-state index in [0.717, 1.165) is 36.3 Å². The molecule has 0 radical (unpaired) electrons. The number of anilines is 1. The second-order valence-electron chi connectivity index (χ2n) is 7.33. The van der Waals surface area contributed by atoms with E-state index in [2.05, 4.69) is 14.9 Å². The van der Waals surface area contributed by atoms with Crippen LogP contribution in [0.5, 0.6) is 0 Å². The number of nitrogens with zero attached hydrogens (tertiary/aromatic N) is 1. The number of thiophene rings is 1. The second kappa shape index (κ2) is 7.26. The third kappa shape index (κ3) is 4.34. The zero-order valence-electron chi connectivity index (χ0n) is 15.1. The predicted molar refractivity (Wildman–Crippen MR) is 109 cm³/mol. The summed E-state index contributed by atoms with van der Waals surface area (Å²) in [4.78, 5) is 16.8. The van der Waals surface area contributed by atoms with E-state index in [1.807, 2.05) is 24.3 Å². The van der Waals surface area contributed by atoms with Gasteiger partial charge in [-0.1, -0.05) is 12.1 Å². The van der Waals surface area contributed by atoms with Crippen LogP contribution < -0.4 is 10.0 Å². The summed E-state index contributed by atoms with van der Waals surface area (Å²) in [6.07, 6.45) is 3.48. The highest BCUT2D eigenvalue weighted by atomic mass is 32.2. The Balaban J connectivity index is 1.43. The largest absolute Gasteiger partial charge is 0.347 e. The van der Waals surface area contributed by atoms with E-state index < -0.39 is 10.0 Å². The van der Waals surface area contributed by atoms with E-state index in [0.29, 0.717) is 16.5 Å². The highest BCUT2D eigenvalue weighted by molar-refractivity contribution is 7.92. The molecule has 3 saturated heterocycles. The molecule has 0 unspecified atom stereocenters. The average Bonchev–Trinajstić information content (AvgIpc) is 3.12. The predicted octanol–water partition coefficient (Wildman–Crippen LogP) is 2.61. The molecular weight excluding hydrogens is 382 g/mol. The number of hydrogen-bond acceptors (Lipinski definition) is 5. The van der Waals surface area contributed by atoms with Crippen LogP contribution in [0.3, 0.4) is 0 Å². The fourth-order valence-corrected chi connectivity index (χ4v) is 5.38. The molecule has 4 heterocycles. The molecule has 1 aromatic heterocycles. The summed E-state index contributed by atoms with van der Waals surface area (Å²) in [6.45, 7) is 3.28. The number of rotatable bonds is 5. The van der Waals surface area contributed by atoms with Crippen LogP contribution in [0, 0.1) is 5.92 Å². The van der Waals surface area contributed by atoms with Crippen molar-refractivity contribution >= 4 is 33.0 Å². The number of amides is 1. The number of hydrogen-bond donors (Lipinski definition) is 2.